The second-order valence-electron chi connectivity index (χ2n) is 5.39. The molecule has 8 heteroatoms. The van der Waals surface area contributed by atoms with Crippen LogP contribution in [0.4, 0.5) is 0 Å². The highest BCUT2D eigenvalue weighted by Gasteiger charge is 2.11. The Bertz CT molecular complexity index is 841. The molecule has 0 radical (unpaired) electrons. The Morgan fingerprint density at radius 1 is 1.19 bits per heavy atom. The van der Waals surface area contributed by atoms with Crippen LogP contribution in [0, 0.1) is 0 Å². The minimum absolute atomic E-state index is 0.216. The maximum atomic E-state index is 12.1. The number of hydrogen-bond donors (Lipinski definition) is 2. The SMILES string of the molecule is COc1ccc(C(=O)NCC(=O)NN=C(C)C=Cc2ccco2)cc1OC. The summed E-state index contributed by atoms with van der Waals surface area (Å²) < 4.78 is 15.4. The van der Waals surface area contributed by atoms with Gasteiger partial charge in [0, 0.05) is 5.56 Å². The number of nitrogens with zero attached hydrogens (tertiary/aromatic N) is 1. The van der Waals surface area contributed by atoms with Gasteiger partial charge in [-0.25, -0.2) is 5.43 Å². The molecule has 0 aliphatic heterocycles. The first-order valence-corrected chi connectivity index (χ1v) is 8.08. The summed E-state index contributed by atoms with van der Waals surface area (Å²) in [5.74, 6) is 0.759. The number of methoxy groups -OCH3 is 2. The molecule has 0 fully saturated rings. The van der Waals surface area contributed by atoms with Crippen LogP contribution in [0.15, 0.2) is 52.2 Å². The third-order valence-electron chi connectivity index (χ3n) is 3.44. The van der Waals surface area contributed by atoms with Crippen molar-refractivity contribution in [2.75, 3.05) is 20.8 Å². The first kappa shape index (κ1) is 19.8. The lowest BCUT2D eigenvalue weighted by Gasteiger charge is -2.09. The number of rotatable bonds is 8. The molecule has 142 valence electrons. The van der Waals surface area contributed by atoms with Crippen molar-refractivity contribution in [3.05, 3.63) is 54.0 Å². The molecular weight excluding hydrogens is 350 g/mol. The van der Waals surface area contributed by atoms with E-state index in [0.29, 0.717) is 28.5 Å². The summed E-state index contributed by atoms with van der Waals surface area (Å²) in [6.07, 6.45) is 4.99. The standard InChI is InChI=1S/C19H21N3O5/c1-13(6-8-15-5-4-10-27-15)21-22-18(23)12-20-19(24)14-7-9-16(25-2)17(11-14)26-3/h4-11H,12H2,1-3H3,(H,20,24)(H,22,23). The van der Waals surface area contributed by atoms with Crippen LogP contribution in [0.25, 0.3) is 6.08 Å². The van der Waals surface area contributed by atoms with E-state index >= 15 is 0 Å². The Hall–Kier alpha value is -3.55. The van der Waals surface area contributed by atoms with Gasteiger partial charge in [0.15, 0.2) is 11.5 Å². The van der Waals surface area contributed by atoms with Gasteiger partial charge in [0.1, 0.15) is 5.76 Å². The van der Waals surface area contributed by atoms with E-state index in [1.165, 1.54) is 20.3 Å². The van der Waals surface area contributed by atoms with Gasteiger partial charge < -0.3 is 19.2 Å². The van der Waals surface area contributed by atoms with Crippen molar-refractivity contribution in [1.29, 1.82) is 0 Å². The summed E-state index contributed by atoms with van der Waals surface area (Å²) in [7, 11) is 2.99. The molecule has 0 aliphatic carbocycles. The number of carbonyl (C=O) groups excluding carboxylic acids is 2. The lowest BCUT2D eigenvalue weighted by Crippen LogP contribution is -2.35. The number of amides is 2. The highest BCUT2D eigenvalue weighted by Crippen LogP contribution is 2.27. The predicted octanol–water partition coefficient (Wildman–Crippen LogP) is 2.23. The van der Waals surface area contributed by atoms with Crippen LogP contribution in [0.5, 0.6) is 11.5 Å². The molecule has 2 aromatic rings. The fraction of sp³-hybridized carbons (Fsp3) is 0.211. The molecule has 1 aromatic heterocycles. The maximum absolute atomic E-state index is 12.1. The molecule has 0 atom stereocenters. The maximum Gasteiger partial charge on any atom is 0.259 e. The number of ether oxygens (including phenoxy) is 2. The van der Waals surface area contributed by atoms with E-state index in [4.69, 9.17) is 13.9 Å². The minimum atomic E-state index is -0.449. The summed E-state index contributed by atoms with van der Waals surface area (Å²) in [5, 5.41) is 6.44. The zero-order chi connectivity index (χ0) is 19.6. The summed E-state index contributed by atoms with van der Waals surface area (Å²) in [5.41, 5.74) is 3.29. The van der Waals surface area contributed by atoms with Crippen molar-refractivity contribution in [2.24, 2.45) is 5.10 Å². The molecule has 27 heavy (non-hydrogen) atoms. The first-order valence-electron chi connectivity index (χ1n) is 8.08. The fourth-order valence-corrected chi connectivity index (χ4v) is 2.06. The normalized spacial score (nSPS) is 11.3. The average molecular weight is 371 g/mol. The number of nitrogens with one attached hydrogen (secondary N) is 2. The van der Waals surface area contributed by atoms with Crippen LogP contribution in [0.1, 0.15) is 23.0 Å². The van der Waals surface area contributed by atoms with Gasteiger partial charge in [0.2, 0.25) is 0 Å². The molecule has 0 saturated heterocycles. The van der Waals surface area contributed by atoms with Gasteiger partial charge in [0.05, 0.1) is 32.7 Å². The van der Waals surface area contributed by atoms with Crippen LogP contribution in [-0.4, -0.2) is 38.3 Å². The Morgan fingerprint density at radius 3 is 2.63 bits per heavy atom. The van der Waals surface area contributed by atoms with Crippen LogP contribution in [0.2, 0.25) is 0 Å². The van der Waals surface area contributed by atoms with Crippen molar-refractivity contribution >= 4 is 23.6 Å². The Morgan fingerprint density at radius 2 is 1.96 bits per heavy atom. The molecule has 0 bridgehead atoms. The second kappa shape index (κ2) is 9.81. The van der Waals surface area contributed by atoms with E-state index in [9.17, 15) is 9.59 Å². The van der Waals surface area contributed by atoms with Crippen LogP contribution in [-0.2, 0) is 4.79 Å². The zero-order valence-corrected chi connectivity index (χ0v) is 15.3. The molecule has 2 N–H and O–H groups in total. The van der Waals surface area contributed by atoms with Crippen molar-refractivity contribution in [1.82, 2.24) is 10.7 Å². The number of hydrazone groups is 1. The van der Waals surface area contributed by atoms with Crippen LogP contribution < -0.4 is 20.2 Å². The summed E-state index contributed by atoms with van der Waals surface area (Å²) in [6, 6.07) is 8.30. The molecule has 1 aromatic carbocycles. The number of benzene rings is 1. The first-order chi connectivity index (χ1) is 13.0. The highest BCUT2D eigenvalue weighted by molar-refractivity contribution is 5.98. The quantitative estimate of drug-likeness (QED) is 0.547. The van der Waals surface area contributed by atoms with E-state index in [0.717, 1.165) is 0 Å². The molecule has 0 unspecified atom stereocenters. The molecule has 0 saturated carbocycles. The van der Waals surface area contributed by atoms with Gasteiger partial charge >= 0.3 is 0 Å². The van der Waals surface area contributed by atoms with Crippen molar-refractivity contribution < 1.29 is 23.5 Å². The second-order valence-corrected chi connectivity index (χ2v) is 5.39. The lowest BCUT2D eigenvalue weighted by atomic mass is 10.2. The third-order valence-corrected chi connectivity index (χ3v) is 3.44. The summed E-state index contributed by atoms with van der Waals surface area (Å²) >= 11 is 0. The molecule has 2 rings (SSSR count). The van der Waals surface area contributed by atoms with E-state index in [2.05, 4.69) is 15.8 Å². The number of hydrogen-bond acceptors (Lipinski definition) is 6. The van der Waals surface area contributed by atoms with E-state index in [1.807, 2.05) is 0 Å². The fourth-order valence-electron chi connectivity index (χ4n) is 2.06. The third kappa shape index (κ3) is 6.03. The smallest absolute Gasteiger partial charge is 0.259 e. The monoisotopic (exact) mass is 371 g/mol. The topological polar surface area (TPSA) is 102 Å². The van der Waals surface area contributed by atoms with E-state index in [-0.39, 0.29) is 6.54 Å². The highest BCUT2D eigenvalue weighted by atomic mass is 16.5. The molecular formula is C19H21N3O5. The summed E-state index contributed by atoms with van der Waals surface area (Å²) in [6.45, 7) is 1.51. The van der Waals surface area contributed by atoms with E-state index in [1.54, 1.807) is 49.6 Å². The zero-order valence-electron chi connectivity index (χ0n) is 15.3. The Labute approximate surface area is 156 Å². The molecule has 1 heterocycles. The summed E-state index contributed by atoms with van der Waals surface area (Å²) in [4.78, 5) is 24.0. The molecule has 8 nitrogen and oxygen atoms in total. The van der Waals surface area contributed by atoms with E-state index < -0.39 is 11.8 Å². The largest absolute Gasteiger partial charge is 0.493 e. The van der Waals surface area contributed by atoms with Crippen molar-refractivity contribution in [2.45, 2.75) is 6.92 Å². The predicted molar refractivity (Wildman–Crippen MR) is 101 cm³/mol. The Balaban J connectivity index is 1.84. The van der Waals surface area contributed by atoms with Crippen molar-refractivity contribution in [3.63, 3.8) is 0 Å². The van der Waals surface area contributed by atoms with Gasteiger partial charge in [-0.15, -0.1) is 0 Å². The van der Waals surface area contributed by atoms with Gasteiger partial charge in [-0.3, -0.25) is 9.59 Å². The van der Waals surface area contributed by atoms with Gasteiger partial charge in [-0.05, 0) is 49.4 Å². The number of carbonyl (C=O) groups is 2. The van der Waals surface area contributed by atoms with Crippen LogP contribution >= 0.6 is 0 Å². The Kier molecular flexibility index (Phi) is 7.18. The van der Waals surface area contributed by atoms with Gasteiger partial charge in [0.25, 0.3) is 11.8 Å². The lowest BCUT2D eigenvalue weighted by molar-refractivity contribution is -0.120. The minimum Gasteiger partial charge on any atom is -0.493 e. The number of allylic oxidation sites excluding steroid dienone is 1. The number of furan rings is 1. The molecule has 2 amide bonds. The van der Waals surface area contributed by atoms with Gasteiger partial charge in [-0.2, -0.15) is 5.10 Å². The van der Waals surface area contributed by atoms with Crippen LogP contribution in [0.3, 0.4) is 0 Å². The van der Waals surface area contributed by atoms with Gasteiger partial charge in [-0.1, -0.05) is 0 Å². The molecule has 0 aliphatic rings. The van der Waals surface area contributed by atoms with Crippen molar-refractivity contribution in [3.8, 4) is 11.5 Å². The average Bonchev–Trinajstić information content (AvgIpc) is 3.21. The molecule has 0 spiro atoms.